The normalized spacial score (nSPS) is 27.5. The van der Waals surface area contributed by atoms with Gasteiger partial charge in [0.05, 0.1) is 11.2 Å². The first-order valence-corrected chi connectivity index (χ1v) is 7.41. The molecule has 1 N–H and O–H groups in total. The zero-order valence-electron chi connectivity index (χ0n) is 13.6. The Bertz CT molecular complexity index is 442. The van der Waals surface area contributed by atoms with E-state index in [9.17, 15) is 0 Å². The summed E-state index contributed by atoms with van der Waals surface area (Å²) in [6.07, 6.45) is 0. The molecule has 2 unspecified atom stereocenters. The molecule has 0 aliphatic carbocycles. The van der Waals surface area contributed by atoms with Gasteiger partial charge >= 0.3 is 0 Å². The maximum Gasteiger partial charge on any atom is 0.0790 e. The number of para-hydroxylation sites is 1. The molecule has 3 heteroatoms. The second-order valence-corrected chi connectivity index (χ2v) is 6.90. The predicted molar refractivity (Wildman–Crippen MR) is 85.3 cm³/mol. The summed E-state index contributed by atoms with van der Waals surface area (Å²) in [6, 6.07) is 10.9. The number of rotatable bonds is 4. The van der Waals surface area contributed by atoms with E-state index in [0.717, 1.165) is 6.54 Å². The molecule has 0 bridgehead atoms. The first-order chi connectivity index (χ1) is 9.28. The molecular formula is C17H28N2O. The third kappa shape index (κ3) is 2.84. The van der Waals surface area contributed by atoms with Gasteiger partial charge in [-0.15, -0.1) is 0 Å². The average Bonchev–Trinajstić information content (AvgIpc) is 2.54. The summed E-state index contributed by atoms with van der Waals surface area (Å²) in [6.45, 7) is 9.74. The number of hydrogen-bond acceptors (Lipinski definition) is 3. The summed E-state index contributed by atoms with van der Waals surface area (Å²) in [5.41, 5.74) is 0.989. The van der Waals surface area contributed by atoms with Crippen molar-refractivity contribution >= 4 is 5.69 Å². The summed E-state index contributed by atoms with van der Waals surface area (Å²) in [4.78, 5) is 2.32. The smallest absolute Gasteiger partial charge is 0.0790 e. The molecule has 1 aliphatic heterocycles. The van der Waals surface area contributed by atoms with Gasteiger partial charge in [0.1, 0.15) is 0 Å². The molecule has 2 atom stereocenters. The van der Waals surface area contributed by atoms with E-state index >= 15 is 0 Å². The Morgan fingerprint density at radius 2 is 1.70 bits per heavy atom. The van der Waals surface area contributed by atoms with Crippen molar-refractivity contribution in [3.8, 4) is 0 Å². The molecule has 1 heterocycles. The molecule has 1 fully saturated rings. The molecule has 0 spiro atoms. The minimum Gasteiger partial charge on any atom is -0.374 e. The number of nitrogens with one attached hydrogen (secondary N) is 1. The first kappa shape index (κ1) is 15.3. The molecule has 20 heavy (non-hydrogen) atoms. The summed E-state index contributed by atoms with van der Waals surface area (Å²) in [7, 11) is 4.19. The van der Waals surface area contributed by atoms with Crippen LogP contribution in [-0.4, -0.2) is 37.9 Å². The van der Waals surface area contributed by atoms with Gasteiger partial charge in [0, 0.05) is 31.2 Å². The van der Waals surface area contributed by atoms with Gasteiger partial charge in [-0.25, -0.2) is 0 Å². The van der Waals surface area contributed by atoms with Crippen LogP contribution in [0.15, 0.2) is 30.3 Å². The first-order valence-electron chi connectivity index (χ1n) is 7.41. The van der Waals surface area contributed by atoms with E-state index in [4.69, 9.17) is 4.74 Å². The molecule has 0 saturated carbocycles. The van der Waals surface area contributed by atoms with Crippen LogP contribution in [0.2, 0.25) is 0 Å². The Hall–Kier alpha value is -1.06. The molecule has 0 aromatic heterocycles. The van der Waals surface area contributed by atoms with Crippen molar-refractivity contribution < 1.29 is 4.74 Å². The van der Waals surface area contributed by atoms with Crippen LogP contribution in [0.5, 0.6) is 0 Å². The van der Waals surface area contributed by atoms with Crippen LogP contribution in [0.1, 0.15) is 27.7 Å². The Morgan fingerprint density at radius 3 is 2.25 bits per heavy atom. The van der Waals surface area contributed by atoms with Crippen molar-refractivity contribution in [2.24, 2.45) is 5.92 Å². The van der Waals surface area contributed by atoms with Crippen molar-refractivity contribution in [3.05, 3.63) is 30.3 Å². The largest absolute Gasteiger partial charge is 0.374 e. The van der Waals surface area contributed by atoms with Gasteiger partial charge in [0.15, 0.2) is 0 Å². The average molecular weight is 276 g/mol. The molecule has 0 radical (unpaired) electrons. The van der Waals surface area contributed by atoms with Crippen molar-refractivity contribution in [3.63, 3.8) is 0 Å². The number of anilines is 1. The highest BCUT2D eigenvalue weighted by molar-refractivity contribution is 5.45. The van der Waals surface area contributed by atoms with Gasteiger partial charge in [0.25, 0.3) is 0 Å². The molecular weight excluding hydrogens is 248 g/mol. The van der Waals surface area contributed by atoms with E-state index in [1.807, 2.05) is 7.05 Å². The lowest BCUT2D eigenvalue weighted by atomic mass is 9.82. The Labute approximate surface area is 123 Å². The third-order valence-corrected chi connectivity index (χ3v) is 4.55. The quantitative estimate of drug-likeness (QED) is 0.915. The van der Waals surface area contributed by atoms with Crippen LogP contribution < -0.4 is 10.2 Å². The third-order valence-electron chi connectivity index (χ3n) is 4.55. The lowest BCUT2D eigenvalue weighted by Crippen LogP contribution is -2.49. The Balaban J connectivity index is 2.18. The number of hydrogen-bond donors (Lipinski definition) is 1. The van der Waals surface area contributed by atoms with Crippen LogP contribution in [0.25, 0.3) is 0 Å². The van der Waals surface area contributed by atoms with E-state index in [1.54, 1.807) is 0 Å². The van der Waals surface area contributed by atoms with E-state index in [2.05, 4.69) is 75.3 Å². The van der Waals surface area contributed by atoms with Gasteiger partial charge in [0.2, 0.25) is 0 Å². The number of likely N-dealkylation sites (N-methyl/N-ethyl adjacent to an activating group) is 1. The molecule has 112 valence electrons. The van der Waals surface area contributed by atoms with Crippen molar-refractivity contribution in [1.82, 2.24) is 5.32 Å². The lowest BCUT2D eigenvalue weighted by molar-refractivity contribution is -0.0768. The van der Waals surface area contributed by atoms with Crippen LogP contribution >= 0.6 is 0 Å². The SMILES string of the molecule is CNC1C(CN(C)c2ccccc2)C(C)(C)OC1(C)C. The van der Waals surface area contributed by atoms with Gasteiger partial charge in [-0.3, -0.25) is 0 Å². The highest BCUT2D eigenvalue weighted by Crippen LogP contribution is 2.42. The van der Waals surface area contributed by atoms with Gasteiger partial charge in [-0.2, -0.15) is 0 Å². The molecule has 3 nitrogen and oxygen atoms in total. The summed E-state index contributed by atoms with van der Waals surface area (Å²) in [5.74, 6) is 0.438. The maximum absolute atomic E-state index is 6.30. The topological polar surface area (TPSA) is 24.5 Å². The zero-order chi connectivity index (χ0) is 15.0. The van der Waals surface area contributed by atoms with Crippen LogP contribution in [0, 0.1) is 5.92 Å². The fraction of sp³-hybridized carbons (Fsp3) is 0.647. The number of nitrogens with zero attached hydrogens (tertiary/aromatic N) is 1. The van der Waals surface area contributed by atoms with E-state index in [-0.39, 0.29) is 11.2 Å². The Morgan fingerprint density at radius 1 is 1.10 bits per heavy atom. The van der Waals surface area contributed by atoms with E-state index in [1.165, 1.54) is 5.69 Å². The van der Waals surface area contributed by atoms with Gasteiger partial charge in [-0.05, 0) is 46.9 Å². The fourth-order valence-corrected chi connectivity index (χ4v) is 3.66. The highest BCUT2D eigenvalue weighted by Gasteiger charge is 2.53. The zero-order valence-corrected chi connectivity index (χ0v) is 13.6. The summed E-state index contributed by atoms with van der Waals surface area (Å²) >= 11 is 0. The summed E-state index contributed by atoms with van der Waals surface area (Å²) in [5, 5.41) is 3.47. The van der Waals surface area contributed by atoms with Gasteiger partial charge < -0.3 is 15.0 Å². The molecule has 1 aliphatic rings. The van der Waals surface area contributed by atoms with Crippen molar-refractivity contribution in [2.75, 3.05) is 25.5 Å². The van der Waals surface area contributed by atoms with Gasteiger partial charge in [-0.1, -0.05) is 18.2 Å². The Kier molecular flexibility index (Phi) is 4.12. The van der Waals surface area contributed by atoms with Crippen LogP contribution in [-0.2, 0) is 4.74 Å². The molecule has 1 aromatic rings. The minimum absolute atomic E-state index is 0.125. The molecule has 0 amide bonds. The predicted octanol–water partition coefficient (Wildman–Crippen LogP) is 2.91. The minimum atomic E-state index is -0.138. The number of benzene rings is 1. The van der Waals surface area contributed by atoms with E-state index in [0.29, 0.717) is 12.0 Å². The highest BCUT2D eigenvalue weighted by atomic mass is 16.5. The standard InChI is InChI=1S/C17H28N2O/c1-16(2)14(15(18-5)17(3,4)20-16)12-19(6)13-10-8-7-9-11-13/h7-11,14-15,18H,12H2,1-6H3. The lowest BCUT2D eigenvalue weighted by Gasteiger charge is -2.33. The molecule has 2 rings (SSSR count). The number of ether oxygens (including phenoxy) is 1. The van der Waals surface area contributed by atoms with E-state index < -0.39 is 0 Å². The second kappa shape index (κ2) is 5.38. The molecule has 1 aromatic carbocycles. The van der Waals surface area contributed by atoms with Crippen molar-refractivity contribution in [1.29, 1.82) is 0 Å². The van der Waals surface area contributed by atoms with Crippen LogP contribution in [0.3, 0.4) is 0 Å². The monoisotopic (exact) mass is 276 g/mol. The fourth-order valence-electron chi connectivity index (χ4n) is 3.66. The van der Waals surface area contributed by atoms with Crippen LogP contribution in [0.4, 0.5) is 5.69 Å². The second-order valence-electron chi connectivity index (χ2n) is 6.90. The molecule has 1 saturated heterocycles. The maximum atomic E-state index is 6.30. The summed E-state index contributed by atoms with van der Waals surface area (Å²) < 4.78 is 6.30. The van der Waals surface area contributed by atoms with Crippen molar-refractivity contribution in [2.45, 2.75) is 44.9 Å².